The molecule has 1 aliphatic carbocycles. The molecule has 1 aliphatic rings. The quantitative estimate of drug-likeness (QED) is 0.777. The van der Waals surface area contributed by atoms with E-state index in [1.807, 2.05) is 0 Å². The van der Waals surface area contributed by atoms with Crippen molar-refractivity contribution < 1.29 is 0 Å². The summed E-state index contributed by atoms with van der Waals surface area (Å²) in [5.74, 6) is 0.654. The van der Waals surface area contributed by atoms with Gasteiger partial charge < -0.3 is 5.32 Å². The van der Waals surface area contributed by atoms with Crippen molar-refractivity contribution >= 4 is 0 Å². The van der Waals surface area contributed by atoms with Crippen LogP contribution in [0, 0.1) is 0 Å². The fraction of sp³-hybridized carbons (Fsp3) is 0.500. The van der Waals surface area contributed by atoms with Crippen molar-refractivity contribution in [3.63, 3.8) is 0 Å². The molecule has 0 saturated heterocycles. The molecule has 92 valence electrons. The molecule has 0 fully saturated rings. The molecule has 0 aromatic heterocycles. The molecule has 1 aromatic rings. The molecular formula is C16H23N. The number of hydrogen-bond donors (Lipinski definition) is 1. The standard InChI is InChI=1S/C16H23N/c1-12(2)11-16(17-3)15-10-6-8-13-7-4-5-9-14(13)15/h4-5,7,9,15-17H,1,6,8,10-11H2,2-3H3. The Morgan fingerprint density at radius 1 is 1.47 bits per heavy atom. The molecule has 0 aliphatic heterocycles. The van der Waals surface area contributed by atoms with Gasteiger partial charge in [-0.15, -0.1) is 6.58 Å². The summed E-state index contributed by atoms with van der Waals surface area (Å²) < 4.78 is 0. The van der Waals surface area contributed by atoms with Crippen LogP contribution in [0.1, 0.15) is 43.2 Å². The Balaban J connectivity index is 2.24. The van der Waals surface area contributed by atoms with Crippen molar-refractivity contribution in [3.8, 4) is 0 Å². The van der Waals surface area contributed by atoms with Gasteiger partial charge in [-0.1, -0.05) is 29.8 Å². The van der Waals surface area contributed by atoms with E-state index in [0.29, 0.717) is 12.0 Å². The van der Waals surface area contributed by atoms with Crippen LogP contribution in [-0.2, 0) is 6.42 Å². The zero-order valence-corrected chi connectivity index (χ0v) is 11.0. The maximum Gasteiger partial charge on any atom is 0.0170 e. The second-order valence-electron chi connectivity index (χ2n) is 5.25. The molecule has 0 spiro atoms. The molecule has 1 N–H and O–H groups in total. The molecule has 1 nitrogen and oxygen atoms in total. The van der Waals surface area contributed by atoms with Gasteiger partial charge in [-0.05, 0) is 56.7 Å². The maximum absolute atomic E-state index is 4.05. The van der Waals surface area contributed by atoms with Crippen LogP contribution in [0.4, 0.5) is 0 Å². The molecule has 0 saturated carbocycles. The molecule has 1 heteroatoms. The molecule has 2 rings (SSSR count). The number of fused-ring (bicyclic) bond motifs is 1. The third-order valence-electron chi connectivity index (χ3n) is 3.84. The molecule has 2 atom stereocenters. The second-order valence-corrected chi connectivity index (χ2v) is 5.25. The lowest BCUT2D eigenvalue weighted by Gasteiger charge is -2.32. The fourth-order valence-electron chi connectivity index (χ4n) is 3.03. The highest BCUT2D eigenvalue weighted by Crippen LogP contribution is 2.35. The number of benzene rings is 1. The van der Waals surface area contributed by atoms with Crippen LogP contribution < -0.4 is 5.32 Å². The minimum atomic E-state index is 0.536. The normalized spacial score (nSPS) is 20.7. The molecule has 0 amide bonds. The van der Waals surface area contributed by atoms with E-state index in [1.165, 1.54) is 24.8 Å². The third-order valence-corrected chi connectivity index (χ3v) is 3.84. The van der Waals surface area contributed by atoms with Gasteiger partial charge in [-0.3, -0.25) is 0 Å². The summed E-state index contributed by atoms with van der Waals surface area (Å²) in [6.45, 7) is 6.18. The zero-order chi connectivity index (χ0) is 12.3. The minimum absolute atomic E-state index is 0.536. The number of nitrogens with one attached hydrogen (secondary N) is 1. The van der Waals surface area contributed by atoms with Crippen molar-refractivity contribution in [2.45, 2.75) is 44.6 Å². The lowest BCUT2D eigenvalue weighted by Crippen LogP contribution is -2.34. The first-order valence-electron chi connectivity index (χ1n) is 6.62. The summed E-state index contributed by atoms with van der Waals surface area (Å²) in [4.78, 5) is 0. The molecule has 0 heterocycles. The molecule has 1 aromatic carbocycles. The average Bonchev–Trinajstić information content (AvgIpc) is 2.35. The number of likely N-dealkylation sites (N-methyl/N-ethyl adjacent to an activating group) is 1. The van der Waals surface area contributed by atoms with Gasteiger partial charge in [0, 0.05) is 6.04 Å². The number of aryl methyl sites for hydroxylation is 1. The van der Waals surface area contributed by atoms with E-state index in [4.69, 9.17) is 0 Å². The van der Waals surface area contributed by atoms with Crippen LogP contribution >= 0.6 is 0 Å². The number of rotatable bonds is 4. The fourth-order valence-corrected chi connectivity index (χ4v) is 3.03. The first-order chi connectivity index (χ1) is 8.22. The highest BCUT2D eigenvalue weighted by Gasteiger charge is 2.26. The first kappa shape index (κ1) is 12.4. The molecule has 17 heavy (non-hydrogen) atoms. The minimum Gasteiger partial charge on any atom is -0.316 e. The third kappa shape index (κ3) is 2.78. The van der Waals surface area contributed by atoms with E-state index < -0.39 is 0 Å². The lowest BCUT2D eigenvalue weighted by atomic mass is 9.77. The second kappa shape index (κ2) is 5.50. The van der Waals surface area contributed by atoms with Crippen molar-refractivity contribution in [1.82, 2.24) is 5.32 Å². The Morgan fingerprint density at radius 2 is 2.24 bits per heavy atom. The zero-order valence-electron chi connectivity index (χ0n) is 11.0. The Bertz CT molecular complexity index is 394. The summed E-state index contributed by atoms with van der Waals surface area (Å²) in [7, 11) is 2.07. The van der Waals surface area contributed by atoms with E-state index in [0.717, 1.165) is 6.42 Å². The predicted octanol–water partition coefficient (Wildman–Crippen LogP) is 3.66. The van der Waals surface area contributed by atoms with Crippen molar-refractivity contribution in [3.05, 3.63) is 47.5 Å². The molecule has 0 bridgehead atoms. The van der Waals surface area contributed by atoms with Gasteiger partial charge in [0.2, 0.25) is 0 Å². The van der Waals surface area contributed by atoms with E-state index in [9.17, 15) is 0 Å². The smallest absolute Gasteiger partial charge is 0.0170 e. The van der Waals surface area contributed by atoms with Crippen LogP contribution in [0.25, 0.3) is 0 Å². The van der Waals surface area contributed by atoms with Gasteiger partial charge in [0.05, 0.1) is 0 Å². The summed E-state index contributed by atoms with van der Waals surface area (Å²) in [5, 5.41) is 3.48. The van der Waals surface area contributed by atoms with Gasteiger partial charge in [0.15, 0.2) is 0 Å². The van der Waals surface area contributed by atoms with Gasteiger partial charge in [-0.2, -0.15) is 0 Å². The van der Waals surface area contributed by atoms with Crippen molar-refractivity contribution in [2.24, 2.45) is 0 Å². The van der Waals surface area contributed by atoms with E-state index in [1.54, 1.807) is 11.1 Å². The van der Waals surface area contributed by atoms with E-state index >= 15 is 0 Å². The summed E-state index contributed by atoms with van der Waals surface area (Å²) in [6.07, 6.45) is 4.94. The summed E-state index contributed by atoms with van der Waals surface area (Å²) in [6, 6.07) is 9.46. The Morgan fingerprint density at radius 3 is 2.94 bits per heavy atom. The van der Waals surface area contributed by atoms with Crippen LogP contribution in [0.15, 0.2) is 36.4 Å². The van der Waals surface area contributed by atoms with Crippen molar-refractivity contribution in [2.75, 3.05) is 7.05 Å². The van der Waals surface area contributed by atoms with Crippen LogP contribution in [-0.4, -0.2) is 13.1 Å². The highest BCUT2D eigenvalue weighted by molar-refractivity contribution is 5.34. The lowest BCUT2D eigenvalue weighted by molar-refractivity contribution is 0.410. The topological polar surface area (TPSA) is 12.0 Å². The van der Waals surface area contributed by atoms with Crippen LogP contribution in [0.3, 0.4) is 0 Å². The summed E-state index contributed by atoms with van der Waals surface area (Å²) >= 11 is 0. The SMILES string of the molecule is C=C(C)CC(NC)C1CCCc2ccccc21. The van der Waals surface area contributed by atoms with Crippen LogP contribution in [0.2, 0.25) is 0 Å². The molecular weight excluding hydrogens is 206 g/mol. The van der Waals surface area contributed by atoms with Gasteiger partial charge in [0.1, 0.15) is 0 Å². The largest absolute Gasteiger partial charge is 0.316 e. The van der Waals surface area contributed by atoms with Gasteiger partial charge in [-0.25, -0.2) is 0 Å². The summed E-state index contributed by atoms with van der Waals surface area (Å²) in [5.41, 5.74) is 4.37. The van der Waals surface area contributed by atoms with Crippen molar-refractivity contribution in [1.29, 1.82) is 0 Å². The Hall–Kier alpha value is -1.08. The van der Waals surface area contributed by atoms with E-state index in [-0.39, 0.29) is 0 Å². The van der Waals surface area contributed by atoms with Crippen LogP contribution in [0.5, 0.6) is 0 Å². The Kier molecular flexibility index (Phi) is 4.01. The molecule has 0 radical (unpaired) electrons. The van der Waals surface area contributed by atoms with Gasteiger partial charge >= 0.3 is 0 Å². The monoisotopic (exact) mass is 229 g/mol. The molecule has 2 unspecified atom stereocenters. The predicted molar refractivity (Wildman–Crippen MR) is 74.4 cm³/mol. The maximum atomic E-state index is 4.05. The number of hydrogen-bond acceptors (Lipinski definition) is 1. The highest BCUT2D eigenvalue weighted by atomic mass is 14.9. The first-order valence-corrected chi connectivity index (χ1v) is 6.62. The average molecular weight is 229 g/mol. The van der Waals surface area contributed by atoms with Gasteiger partial charge in [0.25, 0.3) is 0 Å². The Labute approximate surface area is 105 Å². The van der Waals surface area contributed by atoms with E-state index in [2.05, 4.69) is 50.1 Å².